The number of hydrogen-bond donors (Lipinski definition) is 3. The van der Waals surface area contributed by atoms with E-state index in [2.05, 4.69) is 20.9 Å². The normalized spacial score (nSPS) is 10.8. The molecule has 8 heteroatoms. The Morgan fingerprint density at radius 3 is 2.60 bits per heavy atom. The van der Waals surface area contributed by atoms with Crippen molar-refractivity contribution < 1.29 is 14.3 Å². The van der Waals surface area contributed by atoms with Crippen LogP contribution in [0.1, 0.15) is 15.9 Å². The molecule has 0 spiro atoms. The number of nitrogens with zero attached hydrogens (tertiary/aromatic N) is 1. The summed E-state index contributed by atoms with van der Waals surface area (Å²) in [7, 11) is 5.01. The van der Waals surface area contributed by atoms with Crippen LogP contribution in [-0.2, 0) is 15.9 Å². The monoisotopic (exact) mass is 464 g/mol. The van der Waals surface area contributed by atoms with Crippen molar-refractivity contribution in [2.75, 3.05) is 54.1 Å². The fourth-order valence-corrected chi connectivity index (χ4v) is 2.04. The number of hydrogen-bond acceptors (Lipinski definition) is 4. The third-order valence-electron chi connectivity index (χ3n) is 3.32. The van der Waals surface area contributed by atoms with Crippen LogP contribution in [0.15, 0.2) is 29.3 Å². The lowest BCUT2D eigenvalue weighted by molar-refractivity contribution is 0.0733. The van der Waals surface area contributed by atoms with Gasteiger partial charge in [-0.15, -0.1) is 24.0 Å². The first-order valence-corrected chi connectivity index (χ1v) is 8.03. The molecule has 1 rings (SSSR count). The van der Waals surface area contributed by atoms with Crippen LogP contribution in [0.4, 0.5) is 0 Å². The van der Waals surface area contributed by atoms with E-state index >= 15 is 0 Å². The number of carbonyl (C=O) groups is 1. The van der Waals surface area contributed by atoms with Gasteiger partial charge < -0.3 is 25.4 Å². The number of benzene rings is 1. The van der Waals surface area contributed by atoms with Crippen molar-refractivity contribution in [3.05, 3.63) is 35.4 Å². The first-order valence-electron chi connectivity index (χ1n) is 8.03. The van der Waals surface area contributed by atoms with E-state index < -0.39 is 0 Å². The predicted octanol–water partition coefficient (Wildman–Crippen LogP) is 1.03. The molecule has 3 N–H and O–H groups in total. The Hall–Kier alpha value is -1.39. The number of halogens is 1. The minimum Gasteiger partial charge on any atom is -0.382 e. The molecule has 0 saturated carbocycles. The van der Waals surface area contributed by atoms with Gasteiger partial charge in [-0.3, -0.25) is 9.79 Å². The maximum Gasteiger partial charge on any atom is 0.251 e. The summed E-state index contributed by atoms with van der Waals surface area (Å²) in [6.07, 6.45) is 0.801. The number of guanidine groups is 1. The molecule has 0 aliphatic heterocycles. The molecular weight excluding hydrogens is 435 g/mol. The Labute approximate surface area is 167 Å². The summed E-state index contributed by atoms with van der Waals surface area (Å²) >= 11 is 0. The summed E-state index contributed by atoms with van der Waals surface area (Å²) in [4.78, 5) is 15.8. The Kier molecular flexibility index (Phi) is 14.1. The molecule has 0 atom stereocenters. The van der Waals surface area contributed by atoms with Crippen molar-refractivity contribution in [3.63, 3.8) is 0 Å². The first-order chi connectivity index (χ1) is 11.7. The predicted molar refractivity (Wildman–Crippen MR) is 111 cm³/mol. The zero-order chi connectivity index (χ0) is 17.6. The van der Waals surface area contributed by atoms with Gasteiger partial charge in [0, 0.05) is 39.9 Å². The Bertz CT molecular complexity index is 526. The van der Waals surface area contributed by atoms with E-state index in [9.17, 15) is 4.79 Å². The maximum atomic E-state index is 11.6. The summed E-state index contributed by atoms with van der Waals surface area (Å²) in [6, 6.07) is 7.61. The summed E-state index contributed by atoms with van der Waals surface area (Å²) in [5, 5.41) is 9.05. The standard InChI is InChI=1S/C17H28N4O3.HI/c1-18-16(22)15-6-4-5-14(13-15)7-8-20-17(19-2)21-9-10-24-12-11-23-3;/h4-6,13H,7-12H2,1-3H3,(H,18,22)(H2,19,20,21);1H. The molecule has 0 saturated heterocycles. The molecule has 7 nitrogen and oxygen atoms in total. The van der Waals surface area contributed by atoms with E-state index in [1.165, 1.54) is 0 Å². The lowest BCUT2D eigenvalue weighted by Crippen LogP contribution is -2.39. The third-order valence-corrected chi connectivity index (χ3v) is 3.32. The highest BCUT2D eigenvalue weighted by atomic mass is 127. The van der Waals surface area contributed by atoms with E-state index in [4.69, 9.17) is 9.47 Å². The molecule has 0 fully saturated rings. The van der Waals surface area contributed by atoms with Crippen LogP contribution in [-0.4, -0.2) is 66.0 Å². The topological polar surface area (TPSA) is 84.0 Å². The second-order valence-corrected chi connectivity index (χ2v) is 5.06. The van der Waals surface area contributed by atoms with Gasteiger partial charge in [-0.05, 0) is 24.1 Å². The van der Waals surface area contributed by atoms with Crippen molar-refractivity contribution in [1.29, 1.82) is 0 Å². The number of nitrogens with one attached hydrogen (secondary N) is 3. The second kappa shape index (κ2) is 14.9. The number of amides is 1. The van der Waals surface area contributed by atoms with Crippen LogP contribution in [0.3, 0.4) is 0 Å². The molecule has 0 bridgehead atoms. The van der Waals surface area contributed by atoms with Crippen molar-refractivity contribution in [1.82, 2.24) is 16.0 Å². The van der Waals surface area contributed by atoms with Crippen LogP contribution in [0, 0.1) is 0 Å². The minimum absolute atomic E-state index is 0. The average Bonchev–Trinajstić information content (AvgIpc) is 2.62. The van der Waals surface area contributed by atoms with Gasteiger partial charge in [0.2, 0.25) is 0 Å². The molecule has 0 aliphatic carbocycles. The Balaban J connectivity index is 0.00000576. The van der Waals surface area contributed by atoms with Gasteiger partial charge in [0.1, 0.15) is 0 Å². The van der Waals surface area contributed by atoms with Crippen LogP contribution < -0.4 is 16.0 Å². The van der Waals surface area contributed by atoms with Crippen LogP contribution >= 0.6 is 24.0 Å². The number of carbonyl (C=O) groups excluding carboxylic acids is 1. The molecule has 1 amide bonds. The summed E-state index contributed by atoms with van der Waals surface area (Å²) in [6.45, 7) is 3.18. The smallest absolute Gasteiger partial charge is 0.251 e. The fourth-order valence-electron chi connectivity index (χ4n) is 2.04. The minimum atomic E-state index is -0.0734. The molecule has 1 aromatic rings. The number of ether oxygens (including phenoxy) is 2. The molecule has 142 valence electrons. The summed E-state index contributed by atoms with van der Waals surface area (Å²) < 4.78 is 10.3. The van der Waals surface area contributed by atoms with Crippen LogP contribution in [0.2, 0.25) is 0 Å². The van der Waals surface area contributed by atoms with E-state index in [1.54, 1.807) is 27.3 Å². The molecule has 1 aromatic carbocycles. The van der Waals surface area contributed by atoms with Gasteiger partial charge in [0.05, 0.1) is 19.8 Å². The van der Waals surface area contributed by atoms with Crippen molar-refractivity contribution in [3.8, 4) is 0 Å². The lowest BCUT2D eigenvalue weighted by Gasteiger charge is -2.12. The quantitative estimate of drug-likeness (QED) is 0.209. The zero-order valence-corrected chi connectivity index (χ0v) is 17.5. The van der Waals surface area contributed by atoms with Crippen LogP contribution in [0.25, 0.3) is 0 Å². The van der Waals surface area contributed by atoms with E-state index in [0.717, 1.165) is 24.5 Å². The lowest BCUT2D eigenvalue weighted by atomic mass is 10.1. The third kappa shape index (κ3) is 10.3. The Morgan fingerprint density at radius 2 is 1.92 bits per heavy atom. The summed E-state index contributed by atoms with van der Waals surface area (Å²) in [5.74, 6) is 0.656. The molecule has 0 unspecified atom stereocenters. The average molecular weight is 464 g/mol. The zero-order valence-electron chi connectivity index (χ0n) is 15.1. The maximum absolute atomic E-state index is 11.6. The first kappa shape index (κ1) is 23.6. The highest BCUT2D eigenvalue weighted by Gasteiger charge is 2.04. The number of methoxy groups -OCH3 is 1. The molecule has 0 radical (unpaired) electrons. The van der Waals surface area contributed by atoms with Crippen molar-refractivity contribution in [2.24, 2.45) is 4.99 Å². The summed E-state index contributed by atoms with van der Waals surface area (Å²) in [5.41, 5.74) is 1.77. The second-order valence-electron chi connectivity index (χ2n) is 5.06. The van der Waals surface area contributed by atoms with E-state index in [1.807, 2.05) is 18.2 Å². The Morgan fingerprint density at radius 1 is 1.16 bits per heavy atom. The highest BCUT2D eigenvalue weighted by molar-refractivity contribution is 14.0. The molecular formula is C17H29IN4O3. The molecule has 25 heavy (non-hydrogen) atoms. The van der Waals surface area contributed by atoms with Gasteiger partial charge in [0.15, 0.2) is 5.96 Å². The van der Waals surface area contributed by atoms with Crippen LogP contribution in [0.5, 0.6) is 0 Å². The fraction of sp³-hybridized carbons (Fsp3) is 0.529. The van der Waals surface area contributed by atoms with E-state index in [-0.39, 0.29) is 29.9 Å². The van der Waals surface area contributed by atoms with Crippen molar-refractivity contribution >= 4 is 35.8 Å². The van der Waals surface area contributed by atoms with Gasteiger partial charge in [-0.1, -0.05) is 12.1 Å². The van der Waals surface area contributed by atoms with Gasteiger partial charge in [-0.2, -0.15) is 0 Å². The number of aliphatic imine (C=N–C) groups is 1. The van der Waals surface area contributed by atoms with Gasteiger partial charge in [-0.25, -0.2) is 0 Å². The molecule has 0 heterocycles. The van der Waals surface area contributed by atoms with E-state index in [0.29, 0.717) is 31.9 Å². The molecule has 0 aromatic heterocycles. The van der Waals surface area contributed by atoms with Gasteiger partial charge in [0.25, 0.3) is 5.91 Å². The SMILES string of the molecule is CN=C(NCCOCCOC)NCCc1cccc(C(=O)NC)c1.I. The van der Waals surface area contributed by atoms with Gasteiger partial charge >= 0.3 is 0 Å². The van der Waals surface area contributed by atoms with Crippen molar-refractivity contribution in [2.45, 2.75) is 6.42 Å². The number of rotatable bonds is 10. The molecule has 0 aliphatic rings. The highest BCUT2D eigenvalue weighted by Crippen LogP contribution is 2.05. The largest absolute Gasteiger partial charge is 0.382 e.